The number of amides is 1. The van der Waals surface area contributed by atoms with Crippen molar-refractivity contribution >= 4 is 5.91 Å². The summed E-state index contributed by atoms with van der Waals surface area (Å²) in [5.74, 6) is 0.154. The lowest BCUT2D eigenvalue weighted by Crippen LogP contribution is -2.49. The number of carbonyl (C=O) groups excluding carboxylic acids is 1. The lowest BCUT2D eigenvalue weighted by molar-refractivity contribution is -0.133. The fourth-order valence-corrected chi connectivity index (χ4v) is 3.60. The third-order valence-electron chi connectivity index (χ3n) is 5.24. The van der Waals surface area contributed by atoms with Gasteiger partial charge >= 0.3 is 0 Å². The third-order valence-corrected chi connectivity index (χ3v) is 5.24. The molecule has 1 aliphatic rings. The van der Waals surface area contributed by atoms with Crippen LogP contribution >= 0.6 is 0 Å². The highest BCUT2D eigenvalue weighted by Crippen LogP contribution is 2.24. The van der Waals surface area contributed by atoms with Gasteiger partial charge in [-0.3, -0.25) is 4.79 Å². The van der Waals surface area contributed by atoms with Crippen LogP contribution in [0.2, 0.25) is 0 Å². The summed E-state index contributed by atoms with van der Waals surface area (Å²) in [7, 11) is 0. The fourth-order valence-electron chi connectivity index (χ4n) is 3.60. The number of nitrogens with one attached hydrogen (secondary N) is 1. The van der Waals surface area contributed by atoms with Gasteiger partial charge in [-0.25, -0.2) is 4.68 Å². The molecule has 0 spiro atoms. The standard InChI is InChI=1S/C21H24N6O/c1-2-16-3-7-18(8-4-16)20-14-22-11-12-26(20)21(28)13-17-5-9-19(10-6-17)27-15-23-24-25-27/h3-10,15,20,22H,2,11-14H2,1H3. The van der Waals surface area contributed by atoms with Gasteiger partial charge < -0.3 is 10.2 Å². The van der Waals surface area contributed by atoms with Crippen LogP contribution < -0.4 is 5.32 Å². The molecule has 0 aliphatic carbocycles. The molecule has 1 atom stereocenters. The van der Waals surface area contributed by atoms with Crippen LogP contribution in [0.15, 0.2) is 54.9 Å². The summed E-state index contributed by atoms with van der Waals surface area (Å²) in [6, 6.07) is 16.5. The van der Waals surface area contributed by atoms with E-state index < -0.39 is 0 Å². The lowest BCUT2D eigenvalue weighted by atomic mass is 10.00. The van der Waals surface area contributed by atoms with Crippen molar-refractivity contribution < 1.29 is 4.79 Å². The molecular weight excluding hydrogens is 352 g/mol. The molecule has 7 nitrogen and oxygen atoms in total. The van der Waals surface area contributed by atoms with Gasteiger partial charge in [0, 0.05) is 19.6 Å². The Morgan fingerprint density at radius 3 is 2.54 bits per heavy atom. The van der Waals surface area contributed by atoms with Gasteiger partial charge in [0.2, 0.25) is 5.91 Å². The molecule has 2 heterocycles. The highest BCUT2D eigenvalue weighted by Gasteiger charge is 2.27. The van der Waals surface area contributed by atoms with E-state index in [0.29, 0.717) is 6.42 Å². The summed E-state index contributed by atoms with van der Waals surface area (Å²) >= 11 is 0. The van der Waals surface area contributed by atoms with Crippen LogP contribution in [0.25, 0.3) is 5.69 Å². The van der Waals surface area contributed by atoms with Gasteiger partial charge in [0.25, 0.3) is 0 Å². The summed E-state index contributed by atoms with van der Waals surface area (Å²) in [5.41, 5.74) is 4.36. The molecule has 0 radical (unpaired) electrons. The van der Waals surface area contributed by atoms with Gasteiger partial charge in [-0.2, -0.15) is 0 Å². The fraction of sp³-hybridized carbons (Fsp3) is 0.333. The third kappa shape index (κ3) is 3.94. The Morgan fingerprint density at radius 1 is 1.11 bits per heavy atom. The van der Waals surface area contributed by atoms with Crippen LogP contribution in [0.4, 0.5) is 0 Å². The largest absolute Gasteiger partial charge is 0.333 e. The van der Waals surface area contributed by atoms with E-state index in [4.69, 9.17) is 0 Å². The van der Waals surface area contributed by atoms with Gasteiger partial charge in [-0.05, 0) is 45.7 Å². The van der Waals surface area contributed by atoms with E-state index >= 15 is 0 Å². The zero-order chi connectivity index (χ0) is 19.3. The molecule has 144 valence electrons. The molecule has 1 unspecified atom stereocenters. The first-order chi connectivity index (χ1) is 13.7. The summed E-state index contributed by atoms with van der Waals surface area (Å²) in [6.07, 6.45) is 2.96. The van der Waals surface area contributed by atoms with E-state index in [-0.39, 0.29) is 11.9 Å². The van der Waals surface area contributed by atoms with Gasteiger partial charge in [0.1, 0.15) is 6.33 Å². The second-order valence-electron chi connectivity index (χ2n) is 7.00. The van der Waals surface area contributed by atoms with Crippen molar-refractivity contribution in [1.29, 1.82) is 0 Å². The van der Waals surface area contributed by atoms with Crippen LogP contribution in [0.5, 0.6) is 0 Å². The Bertz CT molecular complexity index is 905. The number of benzene rings is 2. The number of hydrogen-bond donors (Lipinski definition) is 1. The van der Waals surface area contributed by atoms with Crippen molar-refractivity contribution in [2.45, 2.75) is 25.8 Å². The van der Waals surface area contributed by atoms with Crippen molar-refractivity contribution in [3.63, 3.8) is 0 Å². The smallest absolute Gasteiger partial charge is 0.227 e. The molecule has 4 rings (SSSR count). The predicted molar refractivity (Wildman–Crippen MR) is 106 cm³/mol. The molecule has 1 aromatic heterocycles. The average molecular weight is 376 g/mol. The molecule has 3 aromatic rings. The van der Waals surface area contributed by atoms with Gasteiger partial charge in [0.05, 0.1) is 18.2 Å². The van der Waals surface area contributed by atoms with E-state index in [9.17, 15) is 4.79 Å². The van der Waals surface area contributed by atoms with Crippen LogP contribution in [0, 0.1) is 0 Å². The van der Waals surface area contributed by atoms with Gasteiger partial charge in [-0.1, -0.05) is 43.3 Å². The van der Waals surface area contributed by atoms with E-state index in [1.807, 2.05) is 29.2 Å². The number of aryl methyl sites for hydroxylation is 1. The summed E-state index contributed by atoms with van der Waals surface area (Å²) in [5, 5.41) is 14.6. The number of carbonyl (C=O) groups is 1. The molecule has 1 saturated heterocycles. The molecule has 0 bridgehead atoms. The molecule has 1 N–H and O–H groups in total. The van der Waals surface area contributed by atoms with Crippen molar-refractivity contribution in [2.24, 2.45) is 0 Å². The maximum atomic E-state index is 13.0. The Hall–Kier alpha value is -3.06. The normalized spacial score (nSPS) is 16.9. The SMILES string of the molecule is CCc1ccc(C2CNCCN2C(=O)Cc2ccc(-n3cnnn3)cc2)cc1. The molecule has 1 aliphatic heterocycles. The number of tetrazole rings is 1. The van der Waals surface area contributed by atoms with Crippen LogP contribution in [-0.2, 0) is 17.6 Å². The van der Waals surface area contributed by atoms with Crippen molar-refractivity contribution in [3.05, 3.63) is 71.5 Å². The molecule has 1 amide bonds. The number of aromatic nitrogens is 4. The zero-order valence-corrected chi connectivity index (χ0v) is 16.0. The molecule has 28 heavy (non-hydrogen) atoms. The summed E-state index contributed by atoms with van der Waals surface area (Å²) in [4.78, 5) is 15.1. The minimum absolute atomic E-state index is 0.0765. The summed E-state index contributed by atoms with van der Waals surface area (Å²) < 4.78 is 1.60. The highest BCUT2D eigenvalue weighted by molar-refractivity contribution is 5.79. The highest BCUT2D eigenvalue weighted by atomic mass is 16.2. The molecular formula is C21H24N6O. The summed E-state index contributed by atoms with van der Waals surface area (Å²) in [6.45, 7) is 4.49. The maximum Gasteiger partial charge on any atom is 0.227 e. The maximum absolute atomic E-state index is 13.0. The van der Waals surface area contributed by atoms with Crippen molar-refractivity contribution in [2.75, 3.05) is 19.6 Å². The molecule has 2 aromatic carbocycles. The first-order valence-corrected chi connectivity index (χ1v) is 9.66. The second-order valence-corrected chi connectivity index (χ2v) is 7.00. The monoisotopic (exact) mass is 376 g/mol. The molecule has 1 fully saturated rings. The Morgan fingerprint density at radius 2 is 1.86 bits per heavy atom. The van der Waals surface area contributed by atoms with Crippen LogP contribution in [0.3, 0.4) is 0 Å². The Balaban J connectivity index is 1.47. The second kappa shape index (κ2) is 8.31. The van der Waals surface area contributed by atoms with E-state index in [1.165, 1.54) is 11.1 Å². The van der Waals surface area contributed by atoms with Gasteiger partial charge in [0.15, 0.2) is 0 Å². The molecule has 0 saturated carbocycles. The van der Waals surface area contributed by atoms with E-state index in [0.717, 1.165) is 37.3 Å². The van der Waals surface area contributed by atoms with E-state index in [2.05, 4.69) is 52.0 Å². The number of rotatable bonds is 5. The minimum atomic E-state index is 0.0765. The number of nitrogens with zero attached hydrogens (tertiary/aromatic N) is 5. The van der Waals surface area contributed by atoms with E-state index in [1.54, 1.807) is 11.0 Å². The average Bonchev–Trinajstić information content (AvgIpc) is 3.29. The van der Waals surface area contributed by atoms with Crippen LogP contribution in [0.1, 0.15) is 29.7 Å². The van der Waals surface area contributed by atoms with Gasteiger partial charge in [-0.15, -0.1) is 5.10 Å². The molecule has 7 heteroatoms. The van der Waals surface area contributed by atoms with Crippen molar-refractivity contribution in [3.8, 4) is 5.69 Å². The number of hydrogen-bond acceptors (Lipinski definition) is 5. The van der Waals surface area contributed by atoms with Crippen molar-refractivity contribution in [1.82, 2.24) is 30.4 Å². The van der Waals surface area contributed by atoms with Crippen LogP contribution in [-0.4, -0.2) is 50.6 Å². The zero-order valence-electron chi connectivity index (χ0n) is 16.0. The predicted octanol–water partition coefficient (Wildman–Crippen LogP) is 1.94. The first kappa shape index (κ1) is 18.3. The quantitative estimate of drug-likeness (QED) is 0.736. The first-order valence-electron chi connectivity index (χ1n) is 9.66. The topological polar surface area (TPSA) is 75.9 Å². The number of piperazine rings is 1. The Kier molecular flexibility index (Phi) is 5.43. The Labute approximate surface area is 164 Å². The lowest BCUT2D eigenvalue weighted by Gasteiger charge is -2.36. The minimum Gasteiger partial charge on any atom is -0.333 e.